The quantitative estimate of drug-likeness (QED) is 0.461. The van der Waals surface area contributed by atoms with Gasteiger partial charge < -0.3 is 0 Å². The summed E-state index contributed by atoms with van der Waals surface area (Å²) >= 11 is 0. The second-order valence-electron chi connectivity index (χ2n) is 2.21. The second kappa shape index (κ2) is 1.34. The molecule has 8 heavy (non-hydrogen) atoms. The third-order valence-electron chi connectivity index (χ3n) is 1.67. The SMILES string of the molecule is c1cc2[n+]([nH]1)CCC2. The van der Waals surface area contributed by atoms with Gasteiger partial charge in [-0.3, -0.25) is 0 Å². The van der Waals surface area contributed by atoms with Crippen molar-refractivity contribution in [2.45, 2.75) is 19.4 Å². The Bertz CT molecular complexity index is 172. The van der Waals surface area contributed by atoms with Gasteiger partial charge in [0.15, 0.2) is 6.54 Å². The van der Waals surface area contributed by atoms with Crippen LogP contribution in [0.4, 0.5) is 0 Å². The minimum atomic E-state index is 1.18. The van der Waals surface area contributed by atoms with E-state index in [-0.39, 0.29) is 0 Å². The molecule has 0 saturated carbocycles. The fourth-order valence-corrected chi connectivity index (χ4v) is 1.24. The number of nitrogens with zero attached hydrogens (tertiary/aromatic N) is 1. The van der Waals surface area contributed by atoms with Gasteiger partial charge >= 0.3 is 0 Å². The van der Waals surface area contributed by atoms with Crippen molar-refractivity contribution in [1.82, 2.24) is 5.10 Å². The molecule has 0 amide bonds. The topological polar surface area (TPSA) is 19.7 Å². The summed E-state index contributed by atoms with van der Waals surface area (Å²) in [6, 6.07) is 2.15. The number of fused-ring (bicyclic) bond motifs is 1. The third kappa shape index (κ3) is 0.399. The Labute approximate surface area is 48.1 Å². The lowest BCUT2D eigenvalue weighted by Gasteiger charge is -1.75. The first-order chi connectivity index (χ1) is 3.97. The molecule has 2 heteroatoms. The number of hydrogen-bond acceptors (Lipinski definition) is 0. The summed E-state index contributed by atoms with van der Waals surface area (Å²) in [4.78, 5) is 0. The molecule has 0 saturated heterocycles. The Balaban J connectivity index is 2.54. The molecule has 2 rings (SSSR count). The standard InChI is InChI=1S/C6H8N2/c1-2-6-3-4-7-8(6)5-1/h3-4H,1-2,5H2/p+1. The van der Waals surface area contributed by atoms with E-state index in [9.17, 15) is 0 Å². The molecule has 0 atom stereocenters. The second-order valence-corrected chi connectivity index (χ2v) is 2.21. The van der Waals surface area contributed by atoms with Gasteiger partial charge in [0, 0.05) is 18.9 Å². The molecule has 1 aromatic rings. The maximum atomic E-state index is 3.13. The van der Waals surface area contributed by atoms with Crippen LogP contribution < -0.4 is 4.68 Å². The highest BCUT2D eigenvalue weighted by atomic mass is 15.3. The smallest absolute Gasteiger partial charge is 0.173 e. The Kier molecular flexibility index (Phi) is 0.692. The normalized spacial score (nSPS) is 16.5. The van der Waals surface area contributed by atoms with Crippen LogP contribution in [-0.4, -0.2) is 5.10 Å². The maximum Gasteiger partial charge on any atom is 0.207 e. The highest BCUT2D eigenvalue weighted by Crippen LogP contribution is 2.02. The van der Waals surface area contributed by atoms with Crippen molar-refractivity contribution in [2.75, 3.05) is 0 Å². The average Bonchev–Trinajstić information content (AvgIpc) is 2.15. The van der Waals surface area contributed by atoms with E-state index in [1.807, 2.05) is 6.20 Å². The summed E-state index contributed by atoms with van der Waals surface area (Å²) in [6.07, 6.45) is 4.56. The first-order valence-corrected chi connectivity index (χ1v) is 3.03. The number of aryl methyl sites for hydroxylation is 2. The molecule has 0 fully saturated rings. The molecule has 2 heterocycles. The molecule has 42 valence electrons. The number of H-pyrrole nitrogens is 1. The Morgan fingerprint density at radius 3 is 3.50 bits per heavy atom. The van der Waals surface area contributed by atoms with Gasteiger partial charge in [0.05, 0.1) is 6.20 Å². The first kappa shape index (κ1) is 4.13. The van der Waals surface area contributed by atoms with Crippen LogP contribution in [0.2, 0.25) is 0 Å². The average molecular weight is 109 g/mol. The van der Waals surface area contributed by atoms with Crippen LogP contribution >= 0.6 is 0 Å². The molecular formula is C6H9N2+. The lowest BCUT2D eigenvalue weighted by atomic mass is 10.3. The van der Waals surface area contributed by atoms with E-state index in [1.54, 1.807) is 0 Å². The third-order valence-corrected chi connectivity index (χ3v) is 1.67. The van der Waals surface area contributed by atoms with Crippen LogP contribution in [0.1, 0.15) is 12.1 Å². The molecule has 1 N–H and O–H groups in total. The van der Waals surface area contributed by atoms with Gasteiger partial charge in [-0.1, -0.05) is 0 Å². The number of hydrogen-bond donors (Lipinski definition) is 1. The molecular weight excluding hydrogens is 100 g/mol. The summed E-state index contributed by atoms with van der Waals surface area (Å²) in [7, 11) is 0. The monoisotopic (exact) mass is 109 g/mol. The lowest BCUT2D eigenvalue weighted by Crippen LogP contribution is -2.33. The predicted octanol–water partition coefficient (Wildman–Crippen LogP) is 0.248. The first-order valence-electron chi connectivity index (χ1n) is 3.03. The van der Waals surface area contributed by atoms with Gasteiger partial charge in [-0.15, -0.1) is 4.68 Å². The zero-order valence-electron chi connectivity index (χ0n) is 4.72. The summed E-state index contributed by atoms with van der Waals surface area (Å²) in [5, 5.41) is 3.13. The van der Waals surface area contributed by atoms with E-state index in [0.717, 1.165) is 0 Å². The van der Waals surface area contributed by atoms with Gasteiger partial charge in [-0.05, 0) is 0 Å². The summed E-state index contributed by atoms with van der Waals surface area (Å²) < 4.78 is 2.19. The Hall–Kier alpha value is -0.790. The van der Waals surface area contributed by atoms with E-state index in [1.165, 1.54) is 25.1 Å². The van der Waals surface area contributed by atoms with Gasteiger partial charge in [0.1, 0.15) is 0 Å². The van der Waals surface area contributed by atoms with Gasteiger partial charge in [-0.2, -0.15) is 5.10 Å². The molecule has 0 radical (unpaired) electrons. The largest absolute Gasteiger partial charge is 0.207 e. The molecule has 0 unspecified atom stereocenters. The van der Waals surface area contributed by atoms with Gasteiger partial charge in [-0.25, -0.2) is 0 Å². The molecule has 1 aromatic heterocycles. The molecule has 0 aromatic carbocycles. The zero-order valence-corrected chi connectivity index (χ0v) is 4.72. The highest BCUT2D eigenvalue weighted by Gasteiger charge is 2.18. The molecule has 1 aliphatic rings. The maximum absolute atomic E-state index is 3.13. The van der Waals surface area contributed by atoms with Crippen molar-refractivity contribution in [2.24, 2.45) is 0 Å². The van der Waals surface area contributed by atoms with Gasteiger partial charge in [0.2, 0.25) is 5.69 Å². The molecule has 0 bridgehead atoms. The van der Waals surface area contributed by atoms with E-state index in [0.29, 0.717) is 0 Å². The summed E-state index contributed by atoms with van der Waals surface area (Å²) in [5.74, 6) is 0. The van der Waals surface area contributed by atoms with Crippen LogP contribution in [-0.2, 0) is 13.0 Å². The predicted molar refractivity (Wildman–Crippen MR) is 29.3 cm³/mol. The fraction of sp³-hybridized carbons (Fsp3) is 0.500. The van der Waals surface area contributed by atoms with Crippen LogP contribution in [0.5, 0.6) is 0 Å². The summed E-state index contributed by atoms with van der Waals surface area (Å²) in [5.41, 5.74) is 1.45. The molecule has 1 aliphatic heterocycles. The van der Waals surface area contributed by atoms with E-state index in [2.05, 4.69) is 15.8 Å². The van der Waals surface area contributed by atoms with E-state index < -0.39 is 0 Å². The van der Waals surface area contributed by atoms with Gasteiger partial charge in [0.25, 0.3) is 0 Å². The van der Waals surface area contributed by atoms with Crippen molar-refractivity contribution in [3.8, 4) is 0 Å². The fourth-order valence-electron chi connectivity index (χ4n) is 1.24. The summed E-state index contributed by atoms with van der Waals surface area (Å²) in [6.45, 7) is 1.18. The molecule has 0 aliphatic carbocycles. The molecule has 2 nitrogen and oxygen atoms in total. The number of nitrogens with one attached hydrogen (secondary N) is 1. The van der Waals surface area contributed by atoms with Crippen molar-refractivity contribution in [3.63, 3.8) is 0 Å². The van der Waals surface area contributed by atoms with Crippen molar-refractivity contribution < 1.29 is 4.68 Å². The van der Waals surface area contributed by atoms with E-state index >= 15 is 0 Å². The van der Waals surface area contributed by atoms with Crippen molar-refractivity contribution >= 4 is 0 Å². The van der Waals surface area contributed by atoms with Crippen LogP contribution in [0.25, 0.3) is 0 Å². The van der Waals surface area contributed by atoms with E-state index in [4.69, 9.17) is 0 Å². The Morgan fingerprint density at radius 1 is 1.62 bits per heavy atom. The zero-order chi connectivity index (χ0) is 5.40. The van der Waals surface area contributed by atoms with Crippen LogP contribution in [0.3, 0.4) is 0 Å². The molecule has 0 spiro atoms. The van der Waals surface area contributed by atoms with Crippen LogP contribution in [0.15, 0.2) is 12.3 Å². The lowest BCUT2D eigenvalue weighted by molar-refractivity contribution is -0.744. The number of aromatic nitrogens is 2. The number of aromatic amines is 1. The Morgan fingerprint density at radius 2 is 2.62 bits per heavy atom. The highest BCUT2D eigenvalue weighted by molar-refractivity contribution is 4.92. The van der Waals surface area contributed by atoms with Crippen molar-refractivity contribution in [1.29, 1.82) is 0 Å². The minimum Gasteiger partial charge on any atom is -0.173 e. The van der Waals surface area contributed by atoms with Crippen molar-refractivity contribution in [3.05, 3.63) is 18.0 Å². The number of rotatable bonds is 0. The minimum absolute atomic E-state index is 1.18. The van der Waals surface area contributed by atoms with Crippen LogP contribution in [0, 0.1) is 0 Å².